The Morgan fingerprint density at radius 3 is 2.68 bits per heavy atom. The van der Waals surface area contributed by atoms with Crippen molar-refractivity contribution < 1.29 is 4.79 Å². The van der Waals surface area contributed by atoms with Gasteiger partial charge in [0, 0.05) is 30.0 Å². The molecule has 2 heterocycles. The molecule has 0 spiro atoms. The average molecular weight is 324 g/mol. The number of nitriles is 1. The van der Waals surface area contributed by atoms with Crippen molar-refractivity contribution in [1.29, 1.82) is 5.26 Å². The maximum absolute atomic E-state index is 12.1. The molecule has 1 aliphatic heterocycles. The first-order valence-electron chi connectivity index (χ1n) is 6.36. The Bertz CT molecular complexity index is 536. The van der Waals surface area contributed by atoms with Crippen LogP contribution in [0.15, 0.2) is 12.3 Å². The number of hydrogen-bond donors (Lipinski definition) is 0. The maximum Gasteiger partial charge on any atom is 0.228 e. The van der Waals surface area contributed by atoms with Crippen LogP contribution in [0, 0.1) is 17.2 Å². The molecule has 1 atom stereocenters. The fraction of sp³-hybridized carbons (Fsp3) is 0.571. The molecule has 2 rings (SSSR count). The third-order valence-electron chi connectivity index (χ3n) is 3.35. The van der Waals surface area contributed by atoms with Gasteiger partial charge in [-0.05, 0) is 32.8 Å². The lowest BCUT2D eigenvalue weighted by Crippen LogP contribution is -2.31. The molecule has 1 aromatic heterocycles. The molecule has 0 bridgehead atoms. The number of nitrogens with zero attached hydrogens (tertiary/aromatic N) is 3. The van der Waals surface area contributed by atoms with Gasteiger partial charge < -0.3 is 4.57 Å². The van der Waals surface area contributed by atoms with E-state index in [4.69, 9.17) is 5.26 Å². The minimum absolute atomic E-state index is 0.137. The highest BCUT2D eigenvalue weighted by Gasteiger charge is 2.33. The van der Waals surface area contributed by atoms with Gasteiger partial charge in [0.1, 0.15) is 11.9 Å². The molecular weight excluding hydrogens is 306 g/mol. The molecule has 5 heteroatoms. The van der Waals surface area contributed by atoms with Gasteiger partial charge in [-0.1, -0.05) is 15.9 Å². The number of carbonyl (C=O) groups excluding carboxylic acids is 1. The van der Waals surface area contributed by atoms with Crippen LogP contribution >= 0.6 is 15.9 Å². The molecule has 0 radical (unpaired) electrons. The third-order valence-corrected chi connectivity index (χ3v) is 4.27. The third kappa shape index (κ3) is 2.69. The van der Waals surface area contributed by atoms with Gasteiger partial charge in [-0.2, -0.15) is 5.26 Å². The highest BCUT2D eigenvalue weighted by atomic mass is 79.9. The highest BCUT2D eigenvalue weighted by Crippen LogP contribution is 2.31. The van der Waals surface area contributed by atoms with Crippen LogP contribution in [-0.2, 0) is 10.3 Å². The Kier molecular flexibility index (Phi) is 3.73. The van der Waals surface area contributed by atoms with Gasteiger partial charge in [0.05, 0.1) is 5.56 Å². The minimum Gasteiger partial charge on any atom is -0.328 e. The van der Waals surface area contributed by atoms with Gasteiger partial charge in [-0.25, -0.2) is 0 Å². The smallest absolute Gasteiger partial charge is 0.228 e. The lowest BCUT2D eigenvalue weighted by Gasteiger charge is -2.28. The molecule has 1 saturated heterocycles. The van der Waals surface area contributed by atoms with Crippen molar-refractivity contribution in [1.82, 2.24) is 4.57 Å². The molecule has 1 amide bonds. The molecular formula is C14H18BrN3O. The molecule has 0 aliphatic carbocycles. The number of halogens is 1. The highest BCUT2D eigenvalue weighted by molar-refractivity contribution is 9.09. The van der Waals surface area contributed by atoms with Crippen molar-refractivity contribution in [2.24, 2.45) is 5.92 Å². The van der Waals surface area contributed by atoms with Gasteiger partial charge >= 0.3 is 0 Å². The normalized spacial score (nSPS) is 19.8. The summed E-state index contributed by atoms with van der Waals surface area (Å²) in [7, 11) is 0. The van der Waals surface area contributed by atoms with Crippen molar-refractivity contribution in [3.8, 4) is 6.07 Å². The largest absolute Gasteiger partial charge is 0.328 e. The second kappa shape index (κ2) is 5.01. The average Bonchev–Trinajstić information content (AvgIpc) is 2.91. The van der Waals surface area contributed by atoms with Gasteiger partial charge in [0.2, 0.25) is 5.91 Å². The Morgan fingerprint density at radius 1 is 1.53 bits per heavy atom. The second-order valence-corrected chi connectivity index (χ2v) is 6.62. The van der Waals surface area contributed by atoms with Crippen LogP contribution in [0.5, 0.6) is 0 Å². The fourth-order valence-electron chi connectivity index (χ4n) is 2.36. The lowest BCUT2D eigenvalue weighted by atomic mass is 10.1. The van der Waals surface area contributed by atoms with Gasteiger partial charge in [0.25, 0.3) is 0 Å². The number of amides is 1. The fourth-order valence-corrected chi connectivity index (χ4v) is 2.80. The van der Waals surface area contributed by atoms with Crippen LogP contribution < -0.4 is 4.90 Å². The summed E-state index contributed by atoms with van der Waals surface area (Å²) < 4.78 is 2.01. The van der Waals surface area contributed by atoms with E-state index in [0.717, 1.165) is 17.7 Å². The quantitative estimate of drug-likeness (QED) is 0.786. The predicted octanol–water partition coefficient (Wildman–Crippen LogP) is 2.86. The Labute approximate surface area is 122 Å². The molecule has 0 aromatic carbocycles. The monoisotopic (exact) mass is 323 g/mol. The van der Waals surface area contributed by atoms with E-state index in [1.54, 1.807) is 11.0 Å². The minimum atomic E-state index is -0.156. The van der Waals surface area contributed by atoms with Crippen molar-refractivity contribution in [2.45, 2.75) is 32.7 Å². The van der Waals surface area contributed by atoms with Crippen LogP contribution in [0.2, 0.25) is 0 Å². The number of hydrogen-bond acceptors (Lipinski definition) is 2. The van der Waals surface area contributed by atoms with E-state index < -0.39 is 0 Å². The zero-order valence-electron chi connectivity index (χ0n) is 11.5. The van der Waals surface area contributed by atoms with Gasteiger partial charge in [-0.15, -0.1) is 0 Å². The van der Waals surface area contributed by atoms with Gasteiger partial charge in [0.15, 0.2) is 0 Å². The Hall–Kier alpha value is -1.28. The summed E-state index contributed by atoms with van der Waals surface area (Å²) in [5.74, 6) is 1.32. The van der Waals surface area contributed by atoms with Crippen LogP contribution in [0.4, 0.5) is 5.82 Å². The maximum atomic E-state index is 12.1. The van der Waals surface area contributed by atoms with E-state index in [1.165, 1.54) is 0 Å². The summed E-state index contributed by atoms with van der Waals surface area (Å²) in [6.07, 6.45) is 2.40. The number of rotatable bonds is 2. The van der Waals surface area contributed by atoms with Crippen molar-refractivity contribution in [3.63, 3.8) is 0 Å². The van der Waals surface area contributed by atoms with Crippen molar-refractivity contribution in [3.05, 3.63) is 17.8 Å². The second-order valence-electron chi connectivity index (χ2n) is 5.97. The standard InChI is InChI=1S/C14H18BrN3O/c1-14(2,3)18-9-11(7-16)4-12(18)17-8-10(6-15)5-13(17)19/h4,9-10H,5-6,8H2,1-3H3. The van der Waals surface area contributed by atoms with E-state index in [0.29, 0.717) is 17.9 Å². The zero-order valence-corrected chi connectivity index (χ0v) is 13.1. The van der Waals surface area contributed by atoms with Crippen LogP contribution in [-0.4, -0.2) is 22.3 Å². The van der Waals surface area contributed by atoms with Crippen LogP contribution in [0.3, 0.4) is 0 Å². The number of aromatic nitrogens is 1. The summed E-state index contributed by atoms with van der Waals surface area (Å²) in [6.45, 7) is 6.93. The van der Waals surface area contributed by atoms with Crippen LogP contribution in [0.1, 0.15) is 32.8 Å². The van der Waals surface area contributed by atoms with E-state index in [2.05, 4.69) is 42.8 Å². The number of anilines is 1. The van der Waals surface area contributed by atoms with E-state index in [1.807, 2.05) is 10.8 Å². The van der Waals surface area contributed by atoms with E-state index >= 15 is 0 Å². The summed E-state index contributed by atoms with van der Waals surface area (Å²) in [5.41, 5.74) is 0.442. The summed E-state index contributed by atoms with van der Waals surface area (Å²) in [5, 5.41) is 9.90. The zero-order chi connectivity index (χ0) is 14.2. The lowest BCUT2D eigenvalue weighted by molar-refractivity contribution is -0.117. The van der Waals surface area contributed by atoms with E-state index in [-0.39, 0.29) is 11.4 Å². The topological polar surface area (TPSA) is 49.0 Å². The first-order valence-corrected chi connectivity index (χ1v) is 7.48. The van der Waals surface area contributed by atoms with E-state index in [9.17, 15) is 4.79 Å². The first-order chi connectivity index (χ1) is 8.86. The summed E-state index contributed by atoms with van der Waals surface area (Å²) in [4.78, 5) is 13.9. The van der Waals surface area contributed by atoms with Crippen molar-refractivity contribution in [2.75, 3.05) is 16.8 Å². The van der Waals surface area contributed by atoms with Crippen molar-refractivity contribution >= 4 is 27.7 Å². The molecule has 1 fully saturated rings. The Balaban J connectivity index is 2.42. The molecule has 19 heavy (non-hydrogen) atoms. The SMILES string of the molecule is CC(C)(C)n1cc(C#N)cc1N1CC(CBr)CC1=O. The summed E-state index contributed by atoms with van der Waals surface area (Å²) in [6, 6.07) is 3.96. The molecule has 102 valence electrons. The van der Waals surface area contributed by atoms with Crippen LogP contribution in [0.25, 0.3) is 0 Å². The predicted molar refractivity (Wildman–Crippen MR) is 78.4 cm³/mol. The molecule has 1 unspecified atom stereocenters. The Morgan fingerprint density at radius 2 is 2.21 bits per heavy atom. The first kappa shape index (κ1) is 14.1. The summed E-state index contributed by atoms with van der Waals surface area (Å²) >= 11 is 3.44. The molecule has 0 N–H and O–H groups in total. The molecule has 1 aromatic rings. The molecule has 1 aliphatic rings. The molecule has 0 saturated carbocycles. The molecule has 4 nitrogen and oxygen atoms in total. The van der Waals surface area contributed by atoms with Gasteiger partial charge in [-0.3, -0.25) is 9.69 Å². The number of alkyl halides is 1. The number of carbonyl (C=O) groups is 1.